The molecule has 32 heavy (non-hydrogen) atoms. The van der Waals surface area contributed by atoms with Gasteiger partial charge in [-0.3, -0.25) is 4.79 Å². The van der Waals surface area contributed by atoms with Crippen molar-refractivity contribution in [3.8, 4) is 11.5 Å². The van der Waals surface area contributed by atoms with E-state index in [-0.39, 0.29) is 41.2 Å². The Bertz CT molecular complexity index is 937. The Morgan fingerprint density at radius 3 is 2.62 bits per heavy atom. The van der Waals surface area contributed by atoms with Crippen molar-refractivity contribution in [2.45, 2.75) is 64.0 Å². The van der Waals surface area contributed by atoms with E-state index in [0.717, 1.165) is 31.2 Å². The zero-order valence-corrected chi connectivity index (χ0v) is 19.3. The minimum Gasteiger partial charge on any atom is -0.493 e. The summed E-state index contributed by atoms with van der Waals surface area (Å²) in [4.78, 5) is 26.6. The van der Waals surface area contributed by atoms with Gasteiger partial charge in [-0.1, -0.05) is 20.3 Å². The van der Waals surface area contributed by atoms with Crippen molar-refractivity contribution in [2.75, 3.05) is 27.4 Å². The smallest absolute Gasteiger partial charge is 0.340 e. The lowest BCUT2D eigenvalue weighted by Gasteiger charge is -2.56. The van der Waals surface area contributed by atoms with Gasteiger partial charge in [0.25, 0.3) is 0 Å². The first-order valence-electron chi connectivity index (χ1n) is 11.4. The van der Waals surface area contributed by atoms with Crippen LogP contribution in [0.3, 0.4) is 0 Å². The monoisotopic (exact) mass is 443 g/mol. The number of methoxy groups -OCH3 is 2. The molecule has 174 valence electrons. The van der Waals surface area contributed by atoms with Gasteiger partial charge in [0.2, 0.25) is 0 Å². The Kier molecular flexibility index (Phi) is 6.21. The highest BCUT2D eigenvalue weighted by molar-refractivity contribution is 6.17. The molecule has 4 rings (SSSR count). The number of hydrogen-bond acceptors (Lipinski definition) is 6. The van der Waals surface area contributed by atoms with E-state index in [1.54, 1.807) is 20.4 Å². The second-order valence-electron chi connectivity index (χ2n) is 9.70. The molecule has 2 aliphatic heterocycles. The largest absolute Gasteiger partial charge is 0.493 e. The molecule has 0 aromatic heterocycles. The van der Waals surface area contributed by atoms with E-state index >= 15 is 0 Å². The van der Waals surface area contributed by atoms with Crippen LogP contribution in [-0.2, 0) is 14.3 Å². The predicted molar refractivity (Wildman–Crippen MR) is 119 cm³/mol. The van der Waals surface area contributed by atoms with Crippen LogP contribution >= 0.6 is 0 Å². The van der Waals surface area contributed by atoms with Crippen molar-refractivity contribution in [3.05, 3.63) is 35.0 Å². The molecule has 1 aromatic carbocycles. The lowest BCUT2D eigenvalue weighted by molar-refractivity contribution is -0.135. The van der Waals surface area contributed by atoms with Crippen molar-refractivity contribution in [1.29, 1.82) is 0 Å². The topological polar surface area (TPSA) is 85.3 Å². The molecule has 1 fully saturated rings. The third-order valence-corrected chi connectivity index (χ3v) is 7.26. The van der Waals surface area contributed by atoms with Gasteiger partial charge in [-0.25, -0.2) is 4.79 Å². The van der Waals surface area contributed by atoms with Gasteiger partial charge in [0.15, 0.2) is 17.3 Å². The molecule has 7 nitrogen and oxygen atoms in total. The maximum Gasteiger partial charge on any atom is 0.340 e. The van der Waals surface area contributed by atoms with Gasteiger partial charge in [0.1, 0.15) is 5.57 Å². The van der Waals surface area contributed by atoms with Gasteiger partial charge in [0.05, 0.1) is 19.8 Å². The van der Waals surface area contributed by atoms with E-state index in [1.165, 1.54) is 5.56 Å². The van der Waals surface area contributed by atoms with Crippen molar-refractivity contribution >= 4 is 11.8 Å². The average Bonchev–Trinajstić information content (AvgIpc) is 2.75. The van der Waals surface area contributed by atoms with Crippen LogP contribution in [0.5, 0.6) is 11.5 Å². The van der Waals surface area contributed by atoms with Crippen molar-refractivity contribution in [3.63, 3.8) is 0 Å². The van der Waals surface area contributed by atoms with Crippen LogP contribution in [0, 0.1) is 5.41 Å². The Hall–Kier alpha value is -2.54. The van der Waals surface area contributed by atoms with E-state index in [9.17, 15) is 14.7 Å². The highest BCUT2D eigenvalue weighted by atomic mass is 16.5. The molecule has 0 radical (unpaired) electrons. The fourth-order valence-electron chi connectivity index (χ4n) is 5.84. The Labute approximate surface area is 189 Å². The summed E-state index contributed by atoms with van der Waals surface area (Å²) in [5.74, 6) is 0.103. The highest BCUT2D eigenvalue weighted by Crippen LogP contribution is 2.56. The second-order valence-corrected chi connectivity index (χ2v) is 9.70. The molecule has 1 saturated carbocycles. The molecule has 3 aliphatic rings. The molecule has 1 N–H and O–H groups in total. The first-order valence-corrected chi connectivity index (χ1v) is 11.4. The van der Waals surface area contributed by atoms with Crippen LogP contribution in [-0.4, -0.2) is 55.2 Å². The molecule has 7 heteroatoms. The number of carbonyl (C=O) groups excluding carboxylic acids is 1. The first kappa shape index (κ1) is 22.6. The van der Waals surface area contributed by atoms with Crippen molar-refractivity contribution in [1.82, 2.24) is 4.90 Å². The summed E-state index contributed by atoms with van der Waals surface area (Å²) < 4.78 is 16.8. The van der Waals surface area contributed by atoms with E-state index in [0.29, 0.717) is 24.7 Å². The molecule has 0 amide bonds. The summed E-state index contributed by atoms with van der Waals surface area (Å²) >= 11 is 0. The fraction of sp³-hybridized carbons (Fsp3) is 0.600. The zero-order chi connectivity index (χ0) is 23.0. The maximum atomic E-state index is 12.7. The molecule has 0 saturated heterocycles. The number of carboxylic acid groups (broad SMARTS) is 1. The Balaban J connectivity index is 1.81. The van der Waals surface area contributed by atoms with E-state index in [1.807, 2.05) is 6.07 Å². The molecule has 0 bridgehead atoms. The number of carbonyl (C=O) groups is 2. The van der Waals surface area contributed by atoms with Crippen molar-refractivity contribution < 1.29 is 28.9 Å². The number of hydrogen-bond donors (Lipinski definition) is 1. The number of Topliss-reactive ketones (excluding diaryl/α,β-unsaturated/α-hetero) is 1. The highest BCUT2D eigenvalue weighted by Gasteiger charge is 2.51. The SMILES string of the molecule is COCCCOc1cc2c(cc1OC)C1CC(=O)C(C(=O)O)=CN1C1C2CCCC1(C)C. The van der Waals surface area contributed by atoms with Gasteiger partial charge in [0, 0.05) is 44.7 Å². The Morgan fingerprint density at radius 1 is 1.19 bits per heavy atom. The molecule has 2 heterocycles. The van der Waals surface area contributed by atoms with Crippen LogP contribution in [0.15, 0.2) is 23.9 Å². The summed E-state index contributed by atoms with van der Waals surface area (Å²) in [6, 6.07) is 4.00. The van der Waals surface area contributed by atoms with Crippen LogP contribution < -0.4 is 9.47 Å². The number of aliphatic carboxylic acids is 1. The lowest BCUT2D eigenvalue weighted by Crippen LogP contribution is -2.55. The number of ketones is 1. The Morgan fingerprint density at radius 2 is 1.94 bits per heavy atom. The third-order valence-electron chi connectivity index (χ3n) is 7.26. The van der Waals surface area contributed by atoms with E-state index in [4.69, 9.17) is 14.2 Å². The minimum absolute atomic E-state index is 0.0151. The quantitative estimate of drug-likeness (QED) is 0.502. The lowest BCUT2D eigenvalue weighted by atomic mass is 9.61. The first-order chi connectivity index (χ1) is 15.3. The summed E-state index contributed by atoms with van der Waals surface area (Å²) in [6.45, 7) is 5.66. The van der Waals surface area contributed by atoms with Gasteiger partial charge in [-0.2, -0.15) is 0 Å². The molecule has 1 aromatic rings. The van der Waals surface area contributed by atoms with Gasteiger partial charge < -0.3 is 24.2 Å². The van der Waals surface area contributed by atoms with E-state index in [2.05, 4.69) is 24.8 Å². The number of ether oxygens (including phenoxy) is 3. The minimum atomic E-state index is -1.15. The average molecular weight is 444 g/mol. The molecule has 3 unspecified atom stereocenters. The summed E-state index contributed by atoms with van der Waals surface area (Å²) in [6.07, 6.45) is 5.73. The summed E-state index contributed by atoms with van der Waals surface area (Å²) in [5.41, 5.74) is 2.11. The van der Waals surface area contributed by atoms with Crippen molar-refractivity contribution in [2.24, 2.45) is 5.41 Å². The third kappa shape index (κ3) is 3.87. The normalized spacial score (nSPS) is 25.9. The predicted octanol–water partition coefficient (Wildman–Crippen LogP) is 4.07. The van der Waals surface area contributed by atoms with Crippen LogP contribution in [0.25, 0.3) is 0 Å². The van der Waals surface area contributed by atoms with Gasteiger partial charge in [-0.05, 0) is 41.5 Å². The number of fused-ring (bicyclic) bond motifs is 6. The fourth-order valence-corrected chi connectivity index (χ4v) is 5.84. The van der Waals surface area contributed by atoms with Crippen LogP contribution in [0.2, 0.25) is 0 Å². The molecule has 3 atom stereocenters. The van der Waals surface area contributed by atoms with Gasteiger partial charge >= 0.3 is 5.97 Å². The number of nitrogens with zero attached hydrogens (tertiary/aromatic N) is 1. The molecular formula is C25H33NO6. The standard InChI is InChI=1S/C25H33NO6/c1-25(2)8-5-7-15-16-11-22(32-10-6-9-30-3)21(31-4)12-17(16)19-13-20(27)18(24(28)29)14-26(19)23(15)25/h11-12,14-15,19,23H,5-10,13H2,1-4H3,(H,28,29). The van der Waals surface area contributed by atoms with Gasteiger partial charge in [-0.15, -0.1) is 0 Å². The molecular weight excluding hydrogens is 410 g/mol. The maximum absolute atomic E-state index is 12.7. The summed E-state index contributed by atoms with van der Waals surface area (Å²) in [5, 5.41) is 9.60. The number of carboxylic acids is 1. The molecule has 1 aliphatic carbocycles. The summed E-state index contributed by atoms with van der Waals surface area (Å²) in [7, 11) is 3.29. The zero-order valence-electron chi connectivity index (χ0n) is 19.3. The second kappa shape index (κ2) is 8.77. The number of benzene rings is 1. The number of rotatable bonds is 7. The molecule has 0 spiro atoms. The van der Waals surface area contributed by atoms with Crippen LogP contribution in [0.4, 0.5) is 0 Å². The van der Waals surface area contributed by atoms with Crippen LogP contribution in [0.1, 0.15) is 69.0 Å². The van der Waals surface area contributed by atoms with E-state index < -0.39 is 5.97 Å².